The quantitative estimate of drug-likeness (QED) is 0.792. The van der Waals surface area contributed by atoms with Crippen molar-refractivity contribution in [2.75, 3.05) is 20.4 Å². The molecule has 0 bridgehead atoms. The lowest BCUT2D eigenvalue weighted by molar-refractivity contribution is 0.270. The Hall–Kier alpha value is -1.29. The van der Waals surface area contributed by atoms with Gasteiger partial charge in [-0.1, -0.05) is 0 Å². The number of rotatable bonds is 7. The SMILES string of the molecule is COc1ccc(OCCF)c(CNC2CC2)c1. The Morgan fingerprint density at radius 1 is 1.41 bits per heavy atom. The molecule has 1 aromatic carbocycles. The van der Waals surface area contributed by atoms with Gasteiger partial charge in [0.25, 0.3) is 0 Å². The Kier molecular flexibility index (Phi) is 4.20. The van der Waals surface area contributed by atoms with Gasteiger partial charge in [0.05, 0.1) is 7.11 Å². The molecular formula is C13H18FNO2. The first-order valence-corrected chi connectivity index (χ1v) is 5.92. The van der Waals surface area contributed by atoms with E-state index in [0.29, 0.717) is 6.04 Å². The van der Waals surface area contributed by atoms with Gasteiger partial charge in [-0.25, -0.2) is 4.39 Å². The first kappa shape index (κ1) is 12.2. The minimum atomic E-state index is -0.471. The third kappa shape index (κ3) is 3.60. The van der Waals surface area contributed by atoms with Crippen LogP contribution in [0.1, 0.15) is 18.4 Å². The maximum atomic E-state index is 12.1. The summed E-state index contributed by atoms with van der Waals surface area (Å²) in [5.74, 6) is 1.53. The minimum absolute atomic E-state index is 0.1000. The molecule has 0 aromatic heterocycles. The first-order valence-electron chi connectivity index (χ1n) is 5.92. The van der Waals surface area contributed by atoms with Gasteiger partial charge in [-0.15, -0.1) is 0 Å². The predicted octanol–water partition coefficient (Wildman–Crippen LogP) is 2.30. The molecule has 1 saturated carbocycles. The molecule has 1 N–H and O–H groups in total. The van der Waals surface area contributed by atoms with Crippen LogP contribution in [-0.2, 0) is 6.54 Å². The molecule has 0 spiro atoms. The highest BCUT2D eigenvalue weighted by Crippen LogP contribution is 2.26. The van der Waals surface area contributed by atoms with E-state index in [2.05, 4.69) is 5.32 Å². The Balaban J connectivity index is 2.04. The van der Waals surface area contributed by atoms with Gasteiger partial charge >= 0.3 is 0 Å². The topological polar surface area (TPSA) is 30.5 Å². The van der Waals surface area contributed by atoms with E-state index >= 15 is 0 Å². The lowest BCUT2D eigenvalue weighted by Crippen LogP contribution is -2.16. The maximum absolute atomic E-state index is 12.1. The number of ether oxygens (including phenoxy) is 2. The monoisotopic (exact) mass is 239 g/mol. The summed E-state index contributed by atoms with van der Waals surface area (Å²) in [5, 5.41) is 3.41. The van der Waals surface area contributed by atoms with E-state index in [-0.39, 0.29) is 6.61 Å². The molecule has 0 unspecified atom stereocenters. The zero-order chi connectivity index (χ0) is 12.1. The Labute approximate surface area is 101 Å². The van der Waals surface area contributed by atoms with Gasteiger partial charge in [0, 0.05) is 18.2 Å². The number of alkyl halides is 1. The summed E-state index contributed by atoms with van der Waals surface area (Å²) in [6, 6.07) is 6.23. The van der Waals surface area contributed by atoms with Gasteiger partial charge < -0.3 is 14.8 Å². The van der Waals surface area contributed by atoms with E-state index in [0.717, 1.165) is 23.6 Å². The van der Waals surface area contributed by atoms with Crippen LogP contribution in [-0.4, -0.2) is 26.4 Å². The van der Waals surface area contributed by atoms with Crippen LogP contribution in [0, 0.1) is 0 Å². The van der Waals surface area contributed by atoms with Crippen LogP contribution in [0.4, 0.5) is 4.39 Å². The summed E-state index contributed by atoms with van der Waals surface area (Å²) < 4.78 is 22.7. The molecule has 17 heavy (non-hydrogen) atoms. The molecule has 4 heteroatoms. The summed E-state index contributed by atoms with van der Waals surface area (Å²) in [7, 11) is 1.63. The first-order chi connectivity index (χ1) is 8.33. The summed E-state index contributed by atoms with van der Waals surface area (Å²) in [6.45, 7) is 0.369. The number of halogens is 1. The molecule has 1 aromatic rings. The summed E-state index contributed by atoms with van der Waals surface area (Å²) in [5.41, 5.74) is 1.02. The van der Waals surface area contributed by atoms with E-state index in [1.807, 2.05) is 18.2 Å². The van der Waals surface area contributed by atoms with Crippen molar-refractivity contribution in [1.29, 1.82) is 0 Å². The number of hydrogen-bond acceptors (Lipinski definition) is 3. The predicted molar refractivity (Wildman–Crippen MR) is 64.3 cm³/mol. The number of hydrogen-bond donors (Lipinski definition) is 1. The molecule has 0 atom stereocenters. The van der Waals surface area contributed by atoms with Gasteiger partial charge in [0.2, 0.25) is 0 Å². The van der Waals surface area contributed by atoms with Crippen molar-refractivity contribution in [3.8, 4) is 11.5 Å². The van der Waals surface area contributed by atoms with E-state index in [9.17, 15) is 4.39 Å². The second kappa shape index (κ2) is 5.87. The van der Waals surface area contributed by atoms with Crippen molar-refractivity contribution in [2.45, 2.75) is 25.4 Å². The molecule has 0 amide bonds. The molecule has 3 nitrogen and oxygen atoms in total. The molecule has 1 aliphatic rings. The molecule has 0 radical (unpaired) electrons. The lowest BCUT2D eigenvalue weighted by atomic mass is 10.2. The van der Waals surface area contributed by atoms with Gasteiger partial charge in [0.15, 0.2) is 0 Å². The largest absolute Gasteiger partial charge is 0.497 e. The van der Waals surface area contributed by atoms with Crippen LogP contribution in [0.2, 0.25) is 0 Å². The Morgan fingerprint density at radius 2 is 2.24 bits per heavy atom. The van der Waals surface area contributed by atoms with Crippen LogP contribution in [0.15, 0.2) is 18.2 Å². The summed E-state index contributed by atoms with van der Waals surface area (Å²) in [6.07, 6.45) is 2.48. The van der Waals surface area contributed by atoms with Crippen LogP contribution < -0.4 is 14.8 Å². The molecule has 1 aliphatic carbocycles. The lowest BCUT2D eigenvalue weighted by Gasteiger charge is -2.12. The van der Waals surface area contributed by atoms with Crippen LogP contribution >= 0.6 is 0 Å². The number of nitrogens with one attached hydrogen (secondary N) is 1. The molecule has 0 saturated heterocycles. The zero-order valence-electron chi connectivity index (χ0n) is 10.0. The van der Waals surface area contributed by atoms with E-state index in [1.165, 1.54) is 12.8 Å². The molecular weight excluding hydrogens is 221 g/mol. The Morgan fingerprint density at radius 3 is 2.88 bits per heavy atom. The second-order valence-electron chi connectivity index (χ2n) is 4.17. The van der Waals surface area contributed by atoms with Crippen molar-refractivity contribution in [1.82, 2.24) is 5.32 Å². The average molecular weight is 239 g/mol. The van der Waals surface area contributed by atoms with Crippen LogP contribution in [0.5, 0.6) is 11.5 Å². The molecule has 1 fully saturated rings. The standard InChI is InChI=1S/C13H18FNO2/c1-16-12-4-5-13(17-7-6-14)10(8-12)9-15-11-2-3-11/h4-5,8,11,15H,2-3,6-7,9H2,1H3. The highest BCUT2D eigenvalue weighted by Gasteiger charge is 2.20. The fraction of sp³-hybridized carbons (Fsp3) is 0.538. The summed E-state index contributed by atoms with van der Waals surface area (Å²) >= 11 is 0. The smallest absolute Gasteiger partial charge is 0.124 e. The van der Waals surface area contributed by atoms with Gasteiger partial charge in [0.1, 0.15) is 24.8 Å². The highest BCUT2D eigenvalue weighted by atomic mass is 19.1. The van der Waals surface area contributed by atoms with Crippen molar-refractivity contribution >= 4 is 0 Å². The summed E-state index contributed by atoms with van der Waals surface area (Å²) in [4.78, 5) is 0. The Bertz CT molecular complexity index is 366. The molecule has 0 aliphatic heterocycles. The number of methoxy groups -OCH3 is 1. The van der Waals surface area contributed by atoms with Gasteiger partial charge in [-0.2, -0.15) is 0 Å². The molecule has 2 rings (SSSR count). The fourth-order valence-corrected chi connectivity index (χ4v) is 1.65. The van der Waals surface area contributed by atoms with E-state index < -0.39 is 6.67 Å². The molecule has 0 heterocycles. The van der Waals surface area contributed by atoms with E-state index in [1.54, 1.807) is 7.11 Å². The highest BCUT2D eigenvalue weighted by molar-refractivity contribution is 5.40. The van der Waals surface area contributed by atoms with Crippen molar-refractivity contribution < 1.29 is 13.9 Å². The third-order valence-corrected chi connectivity index (χ3v) is 2.76. The second-order valence-corrected chi connectivity index (χ2v) is 4.17. The maximum Gasteiger partial charge on any atom is 0.124 e. The van der Waals surface area contributed by atoms with Crippen LogP contribution in [0.25, 0.3) is 0 Å². The zero-order valence-corrected chi connectivity index (χ0v) is 10.0. The van der Waals surface area contributed by atoms with Crippen molar-refractivity contribution in [3.05, 3.63) is 23.8 Å². The fourth-order valence-electron chi connectivity index (χ4n) is 1.65. The number of benzene rings is 1. The van der Waals surface area contributed by atoms with Crippen molar-refractivity contribution in [2.24, 2.45) is 0 Å². The minimum Gasteiger partial charge on any atom is -0.497 e. The van der Waals surface area contributed by atoms with Gasteiger partial charge in [-0.3, -0.25) is 0 Å². The van der Waals surface area contributed by atoms with E-state index in [4.69, 9.17) is 9.47 Å². The third-order valence-electron chi connectivity index (χ3n) is 2.76. The van der Waals surface area contributed by atoms with Crippen molar-refractivity contribution in [3.63, 3.8) is 0 Å². The van der Waals surface area contributed by atoms with Crippen LogP contribution in [0.3, 0.4) is 0 Å². The van der Waals surface area contributed by atoms with Gasteiger partial charge in [-0.05, 0) is 31.0 Å². The normalized spacial score (nSPS) is 14.7. The molecule has 94 valence electrons. The average Bonchev–Trinajstić information content (AvgIpc) is 3.18.